The summed E-state index contributed by atoms with van der Waals surface area (Å²) < 4.78 is 5.06. The Hall–Kier alpha value is -1.89. The average Bonchev–Trinajstić information content (AvgIpc) is 2.26. The van der Waals surface area contributed by atoms with E-state index in [-0.39, 0.29) is 12.3 Å². The maximum absolute atomic E-state index is 11.1. The molecular weight excluding hydrogens is 258 g/mol. The molecule has 0 fully saturated rings. The molecule has 0 aromatic carbocycles. The van der Waals surface area contributed by atoms with Crippen molar-refractivity contribution in [1.29, 1.82) is 0 Å². The van der Waals surface area contributed by atoms with Gasteiger partial charge in [0.2, 0.25) is 5.91 Å². The Morgan fingerprint density at radius 1 is 1.40 bits per heavy atom. The van der Waals surface area contributed by atoms with Crippen molar-refractivity contribution < 1.29 is 9.53 Å². The van der Waals surface area contributed by atoms with Crippen molar-refractivity contribution in [3.8, 4) is 0 Å². The van der Waals surface area contributed by atoms with E-state index in [2.05, 4.69) is 20.6 Å². The highest BCUT2D eigenvalue weighted by molar-refractivity contribution is 5.75. The molecule has 0 saturated heterocycles. The van der Waals surface area contributed by atoms with E-state index in [9.17, 15) is 4.79 Å². The third-order valence-electron chi connectivity index (χ3n) is 2.49. The molecule has 0 aliphatic rings. The number of carbonyl (C=O) groups excluding carboxylic acids is 1. The third kappa shape index (κ3) is 5.40. The summed E-state index contributed by atoms with van der Waals surface area (Å²) >= 11 is 0. The van der Waals surface area contributed by atoms with E-state index in [1.165, 1.54) is 0 Å². The van der Waals surface area contributed by atoms with Gasteiger partial charge in [0.25, 0.3) is 0 Å². The van der Waals surface area contributed by atoms with Crippen LogP contribution in [0.5, 0.6) is 0 Å². The zero-order valence-corrected chi connectivity index (χ0v) is 12.5. The minimum Gasteiger partial charge on any atom is -0.377 e. The van der Waals surface area contributed by atoms with Gasteiger partial charge in [0, 0.05) is 31.7 Å². The lowest BCUT2D eigenvalue weighted by Gasteiger charge is -2.25. The summed E-state index contributed by atoms with van der Waals surface area (Å²) in [6, 6.07) is 1.80. The van der Waals surface area contributed by atoms with Gasteiger partial charge < -0.3 is 21.1 Å². The summed E-state index contributed by atoms with van der Waals surface area (Å²) in [4.78, 5) is 19.7. The molecule has 1 heterocycles. The van der Waals surface area contributed by atoms with E-state index >= 15 is 0 Å². The van der Waals surface area contributed by atoms with Gasteiger partial charge in [0.15, 0.2) is 5.82 Å². The molecule has 1 amide bonds. The Morgan fingerprint density at radius 3 is 2.60 bits per heavy atom. The molecule has 0 spiro atoms. The maximum Gasteiger partial charge on any atom is 0.219 e. The third-order valence-corrected chi connectivity index (χ3v) is 2.49. The van der Waals surface area contributed by atoms with E-state index in [4.69, 9.17) is 10.5 Å². The Morgan fingerprint density at radius 2 is 2.05 bits per heavy atom. The normalized spacial score (nSPS) is 11.2. The quantitative estimate of drug-likeness (QED) is 0.660. The average molecular weight is 281 g/mol. The molecule has 7 heteroatoms. The fourth-order valence-corrected chi connectivity index (χ4v) is 1.85. The van der Waals surface area contributed by atoms with Crippen LogP contribution in [-0.4, -0.2) is 35.1 Å². The molecule has 7 nitrogen and oxygen atoms in total. The van der Waals surface area contributed by atoms with Crippen LogP contribution in [0.4, 0.5) is 11.6 Å². The van der Waals surface area contributed by atoms with Crippen LogP contribution in [0.25, 0.3) is 0 Å². The van der Waals surface area contributed by atoms with Crippen LogP contribution in [0, 0.1) is 0 Å². The number of carbonyl (C=O) groups is 1. The number of hydrogen-bond donors (Lipinski definition) is 3. The topological polar surface area (TPSA) is 102 Å². The van der Waals surface area contributed by atoms with Crippen LogP contribution in [0.2, 0.25) is 0 Å². The van der Waals surface area contributed by atoms with E-state index in [1.54, 1.807) is 13.2 Å². The zero-order chi connectivity index (χ0) is 15.2. The number of nitrogens with one attached hydrogen (secondary N) is 2. The van der Waals surface area contributed by atoms with Crippen LogP contribution >= 0.6 is 0 Å². The number of primary amides is 1. The molecule has 20 heavy (non-hydrogen) atoms. The van der Waals surface area contributed by atoms with Gasteiger partial charge in [-0.05, 0) is 20.8 Å². The van der Waals surface area contributed by atoms with Crippen molar-refractivity contribution in [2.75, 3.05) is 24.3 Å². The number of hydrogen-bond acceptors (Lipinski definition) is 6. The lowest BCUT2D eigenvalue weighted by molar-refractivity contribution is -0.118. The van der Waals surface area contributed by atoms with E-state index in [1.807, 2.05) is 20.8 Å². The van der Waals surface area contributed by atoms with E-state index in [0.29, 0.717) is 24.1 Å². The summed E-state index contributed by atoms with van der Waals surface area (Å²) in [6.45, 7) is 6.85. The molecule has 1 rings (SSSR count). The van der Waals surface area contributed by atoms with Crippen LogP contribution in [0.15, 0.2) is 6.07 Å². The molecule has 0 aliphatic carbocycles. The van der Waals surface area contributed by atoms with Gasteiger partial charge in [0.1, 0.15) is 18.2 Å². The minimum absolute atomic E-state index is 0.215. The number of nitrogens with zero attached hydrogens (tertiary/aromatic N) is 2. The molecule has 0 unspecified atom stereocenters. The maximum atomic E-state index is 11.1. The van der Waals surface area contributed by atoms with Crippen molar-refractivity contribution in [3.05, 3.63) is 11.9 Å². The van der Waals surface area contributed by atoms with Crippen LogP contribution < -0.4 is 16.4 Å². The second kappa shape index (κ2) is 7.04. The van der Waals surface area contributed by atoms with E-state index < -0.39 is 5.54 Å². The summed E-state index contributed by atoms with van der Waals surface area (Å²) in [5.74, 6) is 1.56. The molecule has 1 aromatic rings. The van der Waals surface area contributed by atoms with E-state index in [0.717, 1.165) is 6.54 Å². The summed E-state index contributed by atoms with van der Waals surface area (Å²) in [7, 11) is 1.59. The SMILES string of the molecule is CCNc1cc(NC(C)(C)CC(N)=O)nc(COC)n1. The fraction of sp³-hybridized carbons (Fsp3) is 0.615. The second-order valence-corrected chi connectivity index (χ2v) is 5.17. The summed E-state index contributed by atoms with van der Waals surface area (Å²) in [5.41, 5.74) is 4.77. The Labute approximate surface area is 119 Å². The van der Waals surface area contributed by atoms with Crippen molar-refractivity contribution in [2.24, 2.45) is 5.73 Å². The fourth-order valence-electron chi connectivity index (χ4n) is 1.85. The largest absolute Gasteiger partial charge is 0.377 e. The smallest absolute Gasteiger partial charge is 0.219 e. The number of nitrogens with two attached hydrogens (primary N) is 1. The zero-order valence-electron chi connectivity index (χ0n) is 12.5. The number of rotatable bonds is 8. The Kier molecular flexibility index (Phi) is 5.69. The van der Waals surface area contributed by atoms with Crippen molar-refractivity contribution in [1.82, 2.24) is 9.97 Å². The highest BCUT2D eigenvalue weighted by Gasteiger charge is 2.21. The Bertz CT molecular complexity index is 438. The molecule has 0 atom stereocenters. The summed E-state index contributed by atoms with van der Waals surface area (Å²) in [6.07, 6.45) is 0.215. The molecule has 4 N–H and O–H groups in total. The first kappa shape index (κ1) is 16.2. The predicted octanol–water partition coefficient (Wildman–Crippen LogP) is 1.12. The van der Waals surface area contributed by atoms with Gasteiger partial charge in [-0.1, -0.05) is 0 Å². The van der Waals surface area contributed by atoms with Crippen molar-refractivity contribution in [3.63, 3.8) is 0 Å². The highest BCUT2D eigenvalue weighted by atomic mass is 16.5. The number of anilines is 2. The minimum atomic E-state index is -0.478. The van der Waals surface area contributed by atoms with Gasteiger partial charge in [-0.15, -0.1) is 0 Å². The Balaban J connectivity index is 2.94. The standard InChI is InChI=1S/C13H23N5O2/c1-5-15-10-6-11(17-12(16-10)8-20-4)18-13(2,3)7-9(14)19/h6H,5,7-8H2,1-4H3,(H2,14,19)(H2,15,16,17,18). The first-order chi connectivity index (χ1) is 9.36. The molecule has 1 aromatic heterocycles. The number of methoxy groups -OCH3 is 1. The van der Waals surface area contributed by atoms with Crippen molar-refractivity contribution in [2.45, 2.75) is 39.3 Å². The second-order valence-electron chi connectivity index (χ2n) is 5.17. The molecule has 112 valence electrons. The lowest BCUT2D eigenvalue weighted by atomic mass is 10.0. The molecular formula is C13H23N5O2. The number of aromatic nitrogens is 2. The van der Waals surface area contributed by atoms with Crippen molar-refractivity contribution >= 4 is 17.5 Å². The predicted molar refractivity (Wildman–Crippen MR) is 78.4 cm³/mol. The van der Waals surface area contributed by atoms with Gasteiger partial charge in [-0.3, -0.25) is 4.79 Å². The lowest BCUT2D eigenvalue weighted by Crippen LogP contribution is -2.36. The number of ether oxygens (including phenoxy) is 1. The molecule has 0 radical (unpaired) electrons. The van der Waals surface area contributed by atoms with Crippen LogP contribution in [0.1, 0.15) is 33.0 Å². The molecule has 0 saturated carbocycles. The van der Waals surface area contributed by atoms with Gasteiger partial charge in [-0.2, -0.15) is 0 Å². The molecule has 0 aliphatic heterocycles. The van der Waals surface area contributed by atoms with Gasteiger partial charge in [0.05, 0.1) is 0 Å². The van der Waals surface area contributed by atoms with Gasteiger partial charge >= 0.3 is 0 Å². The van der Waals surface area contributed by atoms with Crippen LogP contribution in [-0.2, 0) is 16.1 Å². The first-order valence-corrected chi connectivity index (χ1v) is 6.53. The van der Waals surface area contributed by atoms with Gasteiger partial charge in [-0.25, -0.2) is 9.97 Å². The monoisotopic (exact) mass is 281 g/mol. The summed E-state index contributed by atoms with van der Waals surface area (Å²) in [5, 5.41) is 6.33. The first-order valence-electron chi connectivity index (χ1n) is 6.53. The van der Waals surface area contributed by atoms with Crippen LogP contribution in [0.3, 0.4) is 0 Å². The molecule has 0 bridgehead atoms. The highest BCUT2D eigenvalue weighted by Crippen LogP contribution is 2.19. The number of amides is 1.